The van der Waals surface area contributed by atoms with E-state index in [1.54, 1.807) is 25.1 Å². The second-order valence-corrected chi connectivity index (χ2v) is 7.28. The lowest BCUT2D eigenvalue weighted by molar-refractivity contribution is -0.115. The van der Waals surface area contributed by atoms with Gasteiger partial charge in [-0.15, -0.1) is 0 Å². The van der Waals surface area contributed by atoms with Gasteiger partial charge in [0.15, 0.2) is 6.29 Å². The monoisotopic (exact) mass is 461 g/mol. The molecule has 0 saturated carbocycles. The summed E-state index contributed by atoms with van der Waals surface area (Å²) in [6.07, 6.45) is 0.798. The summed E-state index contributed by atoms with van der Waals surface area (Å²) in [4.78, 5) is 32.4. The van der Waals surface area contributed by atoms with Crippen LogP contribution in [0.4, 0.5) is 5.69 Å². The Bertz CT molecular complexity index is 989. The number of amides is 1. The molecule has 0 aliphatic rings. The lowest BCUT2D eigenvalue weighted by Gasteiger charge is -2.10. The number of hydrogen-bond acceptors (Lipinski definition) is 4. The normalized spacial score (nSPS) is 10.7. The third kappa shape index (κ3) is 4.11. The van der Waals surface area contributed by atoms with Crippen LogP contribution in [0, 0.1) is 6.92 Å². The van der Waals surface area contributed by atoms with E-state index in [1.807, 2.05) is 18.2 Å². The van der Waals surface area contributed by atoms with E-state index in [0.29, 0.717) is 29.1 Å². The van der Waals surface area contributed by atoms with Gasteiger partial charge in [-0.1, -0.05) is 31.9 Å². The molecule has 0 atom stereocenters. The SMILES string of the molecule is Cc1nc(CC(=O)Nc2ccc(Br)cc2C=O)c2cc(Br)ccc2n1. The quantitative estimate of drug-likeness (QED) is 0.581. The Morgan fingerprint density at radius 2 is 1.84 bits per heavy atom. The molecule has 2 aromatic carbocycles. The number of benzene rings is 2. The number of nitrogens with zero attached hydrogens (tertiary/aromatic N) is 2. The number of hydrogen-bond donors (Lipinski definition) is 1. The average Bonchev–Trinajstić information content (AvgIpc) is 2.57. The molecule has 3 rings (SSSR count). The van der Waals surface area contributed by atoms with Crippen LogP contribution in [0.3, 0.4) is 0 Å². The topological polar surface area (TPSA) is 72.0 Å². The smallest absolute Gasteiger partial charge is 0.230 e. The number of aldehydes is 1. The first kappa shape index (κ1) is 17.7. The van der Waals surface area contributed by atoms with Crippen molar-refractivity contribution in [3.8, 4) is 0 Å². The van der Waals surface area contributed by atoms with Gasteiger partial charge in [0.2, 0.25) is 5.91 Å². The summed E-state index contributed by atoms with van der Waals surface area (Å²) in [5.41, 5.74) is 2.32. The van der Waals surface area contributed by atoms with Crippen molar-refractivity contribution in [2.75, 3.05) is 5.32 Å². The van der Waals surface area contributed by atoms with E-state index in [2.05, 4.69) is 47.1 Å². The predicted octanol–water partition coefficient (Wildman–Crippen LogP) is 4.46. The summed E-state index contributed by atoms with van der Waals surface area (Å²) < 4.78 is 1.67. The van der Waals surface area contributed by atoms with E-state index in [4.69, 9.17) is 0 Å². The van der Waals surface area contributed by atoms with E-state index in [0.717, 1.165) is 19.8 Å². The van der Waals surface area contributed by atoms with Gasteiger partial charge in [0.1, 0.15) is 5.82 Å². The highest BCUT2D eigenvalue weighted by atomic mass is 79.9. The molecule has 0 bridgehead atoms. The molecule has 0 fully saturated rings. The van der Waals surface area contributed by atoms with Gasteiger partial charge in [-0.2, -0.15) is 0 Å². The lowest BCUT2D eigenvalue weighted by Crippen LogP contribution is -2.17. The van der Waals surface area contributed by atoms with Crippen molar-refractivity contribution in [3.05, 3.63) is 62.4 Å². The van der Waals surface area contributed by atoms with Crippen LogP contribution in [-0.4, -0.2) is 22.2 Å². The zero-order valence-corrected chi connectivity index (χ0v) is 16.4. The third-order valence-electron chi connectivity index (χ3n) is 3.59. The van der Waals surface area contributed by atoms with Crippen molar-refractivity contribution in [2.24, 2.45) is 0 Å². The Morgan fingerprint density at radius 1 is 1.12 bits per heavy atom. The van der Waals surface area contributed by atoms with Gasteiger partial charge >= 0.3 is 0 Å². The van der Waals surface area contributed by atoms with Crippen LogP contribution < -0.4 is 5.32 Å². The molecule has 1 heterocycles. The van der Waals surface area contributed by atoms with Gasteiger partial charge in [-0.25, -0.2) is 9.97 Å². The Balaban J connectivity index is 1.90. The minimum Gasteiger partial charge on any atom is -0.325 e. The molecule has 5 nitrogen and oxygen atoms in total. The molecule has 0 aliphatic carbocycles. The molecule has 0 aliphatic heterocycles. The number of rotatable bonds is 4. The van der Waals surface area contributed by atoms with Gasteiger partial charge in [0.25, 0.3) is 0 Å². The van der Waals surface area contributed by atoms with E-state index >= 15 is 0 Å². The first-order chi connectivity index (χ1) is 12.0. The fourth-order valence-corrected chi connectivity index (χ4v) is 3.26. The van der Waals surface area contributed by atoms with Crippen molar-refractivity contribution in [1.82, 2.24) is 9.97 Å². The number of halogens is 2. The van der Waals surface area contributed by atoms with Crippen LogP contribution in [0.25, 0.3) is 10.9 Å². The van der Waals surface area contributed by atoms with Crippen LogP contribution in [0.5, 0.6) is 0 Å². The summed E-state index contributed by atoms with van der Waals surface area (Å²) in [6, 6.07) is 10.8. The van der Waals surface area contributed by atoms with Crippen LogP contribution in [0.15, 0.2) is 45.3 Å². The predicted molar refractivity (Wildman–Crippen MR) is 104 cm³/mol. The fraction of sp³-hybridized carbons (Fsp3) is 0.111. The minimum absolute atomic E-state index is 0.0880. The first-order valence-corrected chi connectivity index (χ1v) is 9.02. The maximum atomic E-state index is 12.5. The molecular weight excluding hydrogens is 450 g/mol. The molecule has 7 heteroatoms. The van der Waals surface area contributed by atoms with Crippen molar-refractivity contribution >= 4 is 60.6 Å². The van der Waals surface area contributed by atoms with Crippen LogP contribution >= 0.6 is 31.9 Å². The van der Waals surface area contributed by atoms with Crippen molar-refractivity contribution in [1.29, 1.82) is 0 Å². The molecule has 1 aromatic heterocycles. The molecule has 0 radical (unpaired) electrons. The van der Waals surface area contributed by atoms with Gasteiger partial charge in [0.05, 0.1) is 23.3 Å². The molecule has 126 valence electrons. The number of aryl methyl sites for hydroxylation is 1. The van der Waals surface area contributed by atoms with Gasteiger partial charge < -0.3 is 5.32 Å². The zero-order chi connectivity index (χ0) is 18.0. The molecular formula is C18H13Br2N3O2. The number of carbonyl (C=O) groups excluding carboxylic acids is 2. The van der Waals surface area contributed by atoms with Crippen LogP contribution in [-0.2, 0) is 11.2 Å². The molecule has 1 amide bonds. The third-order valence-corrected chi connectivity index (χ3v) is 4.58. The van der Waals surface area contributed by atoms with Crippen molar-refractivity contribution in [3.63, 3.8) is 0 Å². The van der Waals surface area contributed by atoms with E-state index in [-0.39, 0.29) is 12.3 Å². The Morgan fingerprint density at radius 3 is 2.60 bits per heavy atom. The minimum atomic E-state index is -0.246. The summed E-state index contributed by atoms with van der Waals surface area (Å²) in [5.74, 6) is 0.361. The molecule has 0 unspecified atom stereocenters. The second kappa shape index (κ2) is 7.41. The number of anilines is 1. The summed E-state index contributed by atoms with van der Waals surface area (Å²) >= 11 is 6.74. The maximum Gasteiger partial charge on any atom is 0.230 e. The Hall–Kier alpha value is -2.12. The summed E-state index contributed by atoms with van der Waals surface area (Å²) in [7, 11) is 0. The summed E-state index contributed by atoms with van der Waals surface area (Å²) in [5, 5.41) is 3.59. The molecule has 0 spiro atoms. The molecule has 3 aromatic rings. The largest absolute Gasteiger partial charge is 0.325 e. The fourth-order valence-electron chi connectivity index (χ4n) is 2.52. The molecule has 25 heavy (non-hydrogen) atoms. The standard InChI is InChI=1S/C18H13Br2N3O2/c1-10-21-16-5-3-13(20)7-14(16)17(22-10)8-18(25)23-15-4-2-12(19)6-11(15)9-24/h2-7,9H,8H2,1H3,(H,23,25). The van der Waals surface area contributed by atoms with Gasteiger partial charge in [-0.05, 0) is 43.3 Å². The number of aromatic nitrogens is 2. The van der Waals surface area contributed by atoms with Gasteiger partial charge in [0, 0.05) is 19.9 Å². The first-order valence-electron chi connectivity index (χ1n) is 7.43. The number of carbonyl (C=O) groups is 2. The van der Waals surface area contributed by atoms with E-state index in [1.165, 1.54) is 0 Å². The highest BCUT2D eigenvalue weighted by Crippen LogP contribution is 2.23. The highest BCUT2D eigenvalue weighted by molar-refractivity contribution is 9.10. The average molecular weight is 463 g/mol. The number of nitrogens with one attached hydrogen (secondary N) is 1. The maximum absolute atomic E-state index is 12.5. The summed E-state index contributed by atoms with van der Waals surface area (Å²) in [6.45, 7) is 1.79. The highest BCUT2D eigenvalue weighted by Gasteiger charge is 2.13. The molecule has 0 saturated heterocycles. The molecule has 1 N–H and O–H groups in total. The Labute approximate surface area is 161 Å². The van der Waals surface area contributed by atoms with Crippen LogP contribution in [0.2, 0.25) is 0 Å². The second-order valence-electron chi connectivity index (χ2n) is 5.45. The lowest BCUT2D eigenvalue weighted by atomic mass is 10.1. The van der Waals surface area contributed by atoms with Gasteiger partial charge in [-0.3, -0.25) is 9.59 Å². The van der Waals surface area contributed by atoms with E-state index in [9.17, 15) is 9.59 Å². The zero-order valence-electron chi connectivity index (χ0n) is 13.2. The van der Waals surface area contributed by atoms with Crippen LogP contribution in [0.1, 0.15) is 21.9 Å². The van der Waals surface area contributed by atoms with Crippen molar-refractivity contribution in [2.45, 2.75) is 13.3 Å². The Kier molecular flexibility index (Phi) is 5.24. The number of fused-ring (bicyclic) bond motifs is 1. The van der Waals surface area contributed by atoms with E-state index < -0.39 is 0 Å². The van der Waals surface area contributed by atoms with Crippen molar-refractivity contribution < 1.29 is 9.59 Å².